The number of hydrogen-bond donors (Lipinski definition) is 2. The molecule has 0 unspecified atom stereocenters. The third kappa shape index (κ3) is 2.15. The van der Waals surface area contributed by atoms with Gasteiger partial charge in [-0.3, -0.25) is 14.9 Å². The number of halogens is 2. The highest BCUT2D eigenvalue weighted by atomic mass is 19.3. The predicted molar refractivity (Wildman–Crippen MR) is 44.6 cm³/mol. The maximum absolute atomic E-state index is 12.4. The number of aliphatic hydroxyl groups is 1. The molecule has 8 heteroatoms. The summed E-state index contributed by atoms with van der Waals surface area (Å²) in [5.74, 6) is 0. The van der Waals surface area contributed by atoms with Gasteiger partial charge in [0.2, 0.25) is 0 Å². The van der Waals surface area contributed by atoms with Gasteiger partial charge < -0.3 is 10.1 Å². The third-order valence-electron chi connectivity index (χ3n) is 1.72. The van der Waals surface area contributed by atoms with Gasteiger partial charge in [0, 0.05) is 0 Å². The maximum Gasteiger partial charge on any atom is 0.285 e. The van der Waals surface area contributed by atoms with Crippen molar-refractivity contribution >= 4 is 5.69 Å². The van der Waals surface area contributed by atoms with E-state index in [1.807, 2.05) is 4.98 Å². The molecule has 0 aliphatic carbocycles. The van der Waals surface area contributed by atoms with Crippen LogP contribution in [0.2, 0.25) is 0 Å². The second-order valence-corrected chi connectivity index (χ2v) is 2.63. The van der Waals surface area contributed by atoms with Gasteiger partial charge in [-0.05, 0) is 0 Å². The van der Waals surface area contributed by atoms with Crippen molar-refractivity contribution in [3.8, 4) is 0 Å². The van der Waals surface area contributed by atoms with Crippen LogP contribution in [0.4, 0.5) is 14.5 Å². The van der Waals surface area contributed by atoms with E-state index in [0.717, 1.165) is 0 Å². The van der Waals surface area contributed by atoms with Crippen LogP contribution in [0, 0.1) is 10.1 Å². The molecule has 2 N–H and O–H groups in total. The molecule has 0 aliphatic rings. The molecular formula is C7H6F2N2O4. The molecule has 0 saturated carbocycles. The van der Waals surface area contributed by atoms with Gasteiger partial charge in [0.05, 0.1) is 23.3 Å². The van der Waals surface area contributed by atoms with Crippen LogP contribution in [0.3, 0.4) is 0 Å². The van der Waals surface area contributed by atoms with Gasteiger partial charge in [0.15, 0.2) is 0 Å². The number of nitro groups is 1. The molecule has 0 bridgehead atoms. The molecule has 0 aromatic carbocycles. The van der Waals surface area contributed by atoms with Crippen molar-refractivity contribution in [2.75, 3.05) is 0 Å². The highest BCUT2D eigenvalue weighted by Gasteiger charge is 2.26. The summed E-state index contributed by atoms with van der Waals surface area (Å²) < 4.78 is 24.9. The Balaban J connectivity index is 3.54. The van der Waals surface area contributed by atoms with Crippen molar-refractivity contribution in [2.45, 2.75) is 13.0 Å². The molecule has 1 rings (SSSR count). The fourth-order valence-corrected chi connectivity index (χ4v) is 1.13. The number of nitrogens with one attached hydrogen (secondary N) is 1. The summed E-state index contributed by atoms with van der Waals surface area (Å²) in [5.41, 5.74) is -3.39. The molecule has 0 radical (unpaired) electrons. The number of alkyl halides is 2. The summed E-state index contributed by atoms with van der Waals surface area (Å²) in [6.45, 7) is -0.892. The molecule has 6 nitrogen and oxygen atoms in total. The number of H-pyrrole nitrogens is 1. The Bertz CT molecular complexity index is 443. The largest absolute Gasteiger partial charge is 0.390 e. The molecular weight excluding hydrogens is 214 g/mol. The lowest BCUT2D eigenvalue weighted by atomic mass is 10.1. The molecule has 0 aliphatic heterocycles. The smallest absolute Gasteiger partial charge is 0.285 e. The van der Waals surface area contributed by atoms with Gasteiger partial charge in [-0.15, -0.1) is 0 Å². The Morgan fingerprint density at radius 3 is 2.60 bits per heavy atom. The highest BCUT2D eigenvalue weighted by molar-refractivity contribution is 5.42. The van der Waals surface area contributed by atoms with Crippen molar-refractivity contribution in [1.82, 2.24) is 4.98 Å². The Hall–Kier alpha value is -1.83. The first-order valence-electron chi connectivity index (χ1n) is 3.77. The van der Waals surface area contributed by atoms with Crippen molar-refractivity contribution in [2.24, 2.45) is 0 Å². The maximum atomic E-state index is 12.4. The van der Waals surface area contributed by atoms with Crippen LogP contribution in [-0.4, -0.2) is 15.0 Å². The van der Waals surface area contributed by atoms with Crippen LogP contribution in [-0.2, 0) is 6.61 Å². The van der Waals surface area contributed by atoms with Gasteiger partial charge in [-0.1, -0.05) is 0 Å². The van der Waals surface area contributed by atoms with Gasteiger partial charge in [-0.25, -0.2) is 8.78 Å². The monoisotopic (exact) mass is 220 g/mol. The van der Waals surface area contributed by atoms with E-state index in [2.05, 4.69) is 0 Å². The number of aromatic nitrogens is 1. The summed E-state index contributed by atoms with van der Waals surface area (Å²) in [6, 6.07) is 0.459. The zero-order chi connectivity index (χ0) is 11.6. The summed E-state index contributed by atoms with van der Waals surface area (Å²) in [5, 5.41) is 19.1. The van der Waals surface area contributed by atoms with Crippen LogP contribution >= 0.6 is 0 Å². The molecule has 0 spiro atoms. The minimum atomic E-state index is -3.13. The predicted octanol–water partition coefficient (Wildman–Crippen LogP) is 0.713. The Morgan fingerprint density at radius 1 is 1.60 bits per heavy atom. The Kier molecular flexibility index (Phi) is 3.10. The second kappa shape index (κ2) is 4.13. The molecule has 1 aromatic heterocycles. The van der Waals surface area contributed by atoms with Crippen LogP contribution in [0.1, 0.15) is 17.7 Å². The van der Waals surface area contributed by atoms with E-state index in [0.29, 0.717) is 6.07 Å². The zero-order valence-corrected chi connectivity index (χ0v) is 7.24. The standard InChI is InChI=1S/C7H6F2N2O4/c8-7(9)6-3(2-12)10-5(13)1-4(6)11(14)15/h1,7,12H,2H2,(H,10,13). The quantitative estimate of drug-likeness (QED) is 0.579. The number of rotatable bonds is 3. The van der Waals surface area contributed by atoms with Crippen LogP contribution in [0.5, 0.6) is 0 Å². The molecule has 0 fully saturated rings. The summed E-state index contributed by atoms with van der Waals surface area (Å²) in [6.07, 6.45) is -3.13. The fraction of sp³-hybridized carbons (Fsp3) is 0.286. The van der Waals surface area contributed by atoms with E-state index < -0.39 is 40.5 Å². The lowest BCUT2D eigenvalue weighted by Crippen LogP contribution is -2.14. The van der Waals surface area contributed by atoms with E-state index in [4.69, 9.17) is 5.11 Å². The lowest BCUT2D eigenvalue weighted by Gasteiger charge is -2.05. The molecule has 1 heterocycles. The average molecular weight is 220 g/mol. The molecule has 15 heavy (non-hydrogen) atoms. The first kappa shape index (κ1) is 11.2. The summed E-state index contributed by atoms with van der Waals surface area (Å²) in [7, 11) is 0. The average Bonchev–Trinajstić information content (AvgIpc) is 2.15. The van der Waals surface area contributed by atoms with Crippen LogP contribution in [0.25, 0.3) is 0 Å². The molecule has 1 aromatic rings. The Morgan fingerprint density at radius 2 is 2.20 bits per heavy atom. The number of pyridine rings is 1. The first-order chi connectivity index (χ1) is 6.97. The second-order valence-electron chi connectivity index (χ2n) is 2.63. The zero-order valence-electron chi connectivity index (χ0n) is 7.24. The first-order valence-corrected chi connectivity index (χ1v) is 3.77. The number of nitrogens with zero attached hydrogens (tertiary/aromatic N) is 1. The third-order valence-corrected chi connectivity index (χ3v) is 1.72. The fourth-order valence-electron chi connectivity index (χ4n) is 1.13. The van der Waals surface area contributed by atoms with E-state index in [9.17, 15) is 23.7 Å². The minimum absolute atomic E-state index is 0.459. The summed E-state index contributed by atoms with van der Waals surface area (Å²) in [4.78, 5) is 22.0. The van der Waals surface area contributed by atoms with Gasteiger partial charge in [0.25, 0.3) is 17.7 Å². The lowest BCUT2D eigenvalue weighted by molar-refractivity contribution is -0.386. The number of aliphatic hydroxyl groups excluding tert-OH is 1. The molecule has 0 saturated heterocycles. The van der Waals surface area contributed by atoms with Gasteiger partial charge >= 0.3 is 0 Å². The van der Waals surface area contributed by atoms with Gasteiger partial charge in [-0.2, -0.15) is 0 Å². The van der Waals surface area contributed by atoms with Crippen molar-refractivity contribution < 1.29 is 18.8 Å². The van der Waals surface area contributed by atoms with Crippen molar-refractivity contribution in [3.05, 3.63) is 37.8 Å². The molecule has 82 valence electrons. The van der Waals surface area contributed by atoms with E-state index in [1.54, 1.807) is 0 Å². The SMILES string of the molecule is O=c1cc([N+](=O)[O-])c(C(F)F)c(CO)[nH]1. The number of hydrogen-bond acceptors (Lipinski definition) is 4. The number of aromatic amines is 1. The Labute approximate surface area is 81.3 Å². The highest BCUT2D eigenvalue weighted by Crippen LogP contribution is 2.29. The van der Waals surface area contributed by atoms with Gasteiger partial charge in [0.1, 0.15) is 5.56 Å². The normalized spacial score (nSPS) is 10.7. The van der Waals surface area contributed by atoms with Crippen LogP contribution in [0.15, 0.2) is 10.9 Å². The molecule has 0 amide bonds. The topological polar surface area (TPSA) is 96.2 Å². The minimum Gasteiger partial charge on any atom is -0.390 e. The van der Waals surface area contributed by atoms with Crippen LogP contribution < -0.4 is 5.56 Å². The van der Waals surface area contributed by atoms with Crippen molar-refractivity contribution in [1.29, 1.82) is 0 Å². The van der Waals surface area contributed by atoms with E-state index in [1.165, 1.54) is 0 Å². The van der Waals surface area contributed by atoms with E-state index in [-0.39, 0.29) is 0 Å². The molecule has 0 atom stereocenters. The summed E-state index contributed by atoms with van der Waals surface area (Å²) >= 11 is 0. The van der Waals surface area contributed by atoms with E-state index >= 15 is 0 Å². The van der Waals surface area contributed by atoms with Crippen molar-refractivity contribution in [3.63, 3.8) is 0 Å².